The number of halogens is 1. The van der Waals surface area contributed by atoms with E-state index in [0.717, 1.165) is 29.9 Å². The van der Waals surface area contributed by atoms with Crippen molar-refractivity contribution in [3.63, 3.8) is 0 Å². The first kappa shape index (κ1) is 22.0. The van der Waals surface area contributed by atoms with Gasteiger partial charge in [0.2, 0.25) is 0 Å². The molecule has 0 radical (unpaired) electrons. The Hall–Kier alpha value is -1.28. The summed E-state index contributed by atoms with van der Waals surface area (Å²) < 4.78 is 5.73. The molecule has 2 fully saturated rings. The molecular formula is C21H33IN4O. The number of ether oxygens (including phenoxy) is 1. The van der Waals surface area contributed by atoms with Crippen LogP contribution in [0.3, 0.4) is 0 Å². The van der Waals surface area contributed by atoms with Crippen LogP contribution in [-0.4, -0.2) is 49.7 Å². The molecule has 2 N–H and O–H groups in total. The molecule has 1 aliphatic carbocycles. The van der Waals surface area contributed by atoms with Crippen molar-refractivity contribution in [2.45, 2.75) is 50.7 Å². The maximum atomic E-state index is 5.73. The van der Waals surface area contributed by atoms with E-state index in [2.05, 4.69) is 33.2 Å². The van der Waals surface area contributed by atoms with E-state index < -0.39 is 0 Å². The summed E-state index contributed by atoms with van der Waals surface area (Å²) in [4.78, 5) is 7.06. The Morgan fingerprint density at radius 2 is 2.07 bits per heavy atom. The van der Waals surface area contributed by atoms with Gasteiger partial charge in [-0.1, -0.05) is 43.7 Å². The molecule has 1 saturated heterocycles. The van der Waals surface area contributed by atoms with Crippen LogP contribution in [0, 0.1) is 0 Å². The van der Waals surface area contributed by atoms with Crippen molar-refractivity contribution in [3.8, 4) is 5.75 Å². The Labute approximate surface area is 180 Å². The lowest BCUT2D eigenvalue weighted by molar-refractivity contribution is 0.242. The number of hydrogen-bond acceptors (Lipinski definition) is 3. The van der Waals surface area contributed by atoms with E-state index in [1.54, 1.807) is 6.08 Å². The van der Waals surface area contributed by atoms with E-state index in [0.29, 0.717) is 19.2 Å². The van der Waals surface area contributed by atoms with Gasteiger partial charge in [-0.3, -0.25) is 9.89 Å². The van der Waals surface area contributed by atoms with Crippen LogP contribution in [0.25, 0.3) is 0 Å². The zero-order valence-corrected chi connectivity index (χ0v) is 18.7. The first-order valence-corrected chi connectivity index (χ1v) is 9.83. The van der Waals surface area contributed by atoms with Crippen molar-refractivity contribution in [2.24, 2.45) is 4.99 Å². The average molecular weight is 484 g/mol. The highest BCUT2D eigenvalue weighted by Gasteiger charge is 2.30. The number of nitrogens with zero attached hydrogens (tertiary/aromatic N) is 2. The van der Waals surface area contributed by atoms with Gasteiger partial charge in [-0.05, 0) is 25.3 Å². The molecule has 1 aromatic rings. The number of benzene rings is 1. The SMILES string of the molecule is C=CCOc1ccccc1CNC(=NC)NC1CCN(C2CCCC2)C1.I. The van der Waals surface area contributed by atoms with Gasteiger partial charge in [0.15, 0.2) is 5.96 Å². The number of rotatable bonds is 7. The second-order valence-electron chi connectivity index (χ2n) is 7.20. The standard InChI is InChI=1S/C21H32N4O.HI/c1-3-14-26-20-11-7-4-8-17(20)15-23-21(22-2)24-18-12-13-25(16-18)19-9-5-6-10-19;/h3-4,7-8,11,18-19H,1,5-6,9-10,12-16H2,2H3,(H2,22,23,24);1H. The van der Waals surface area contributed by atoms with Crippen molar-refractivity contribution in [1.82, 2.24) is 15.5 Å². The van der Waals surface area contributed by atoms with Crippen LogP contribution in [0.1, 0.15) is 37.7 Å². The molecular weight excluding hydrogens is 451 g/mol. The summed E-state index contributed by atoms with van der Waals surface area (Å²) in [5, 5.41) is 7.02. The Bertz CT molecular complexity index is 616. The molecule has 0 amide bonds. The molecule has 1 heterocycles. The summed E-state index contributed by atoms with van der Waals surface area (Å²) in [7, 11) is 1.83. The summed E-state index contributed by atoms with van der Waals surface area (Å²) in [5.74, 6) is 1.76. The average Bonchev–Trinajstić information content (AvgIpc) is 3.35. The van der Waals surface area contributed by atoms with Crippen LogP contribution < -0.4 is 15.4 Å². The molecule has 1 saturated carbocycles. The fourth-order valence-corrected chi connectivity index (χ4v) is 4.01. The van der Waals surface area contributed by atoms with Gasteiger partial charge in [0.05, 0.1) is 0 Å². The third-order valence-electron chi connectivity index (χ3n) is 5.40. The van der Waals surface area contributed by atoms with E-state index in [-0.39, 0.29) is 24.0 Å². The lowest BCUT2D eigenvalue weighted by atomic mass is 10.2. The Kier molecular flexibility index (Phi) is 9.41. The Morgan fingerprint density at radius 1 is 1.30 bits per heavy atom. The molecule has 150 valence electrons. The highest BCUT2D eigenvalue weighted by Crippen LogP contribution is 2.26. The second kappa shape index (κ2) is 11.5. The van der Waals surface area contributed by atoms with Gasteiger partial charge in [0, 0.05) is 44.3 Å². The highest BCUT2D eigenvalue weighted by molar-refractivity contribution is 14.0. The lowest BCUT2D eigenvalue weighted by Crippen LogP contribution is -2.45. The molecule has 0 bridgehead atoms. The van der Waals surface area contributed by atoms with E-state index in [9.17, 15) is 0 Å². The molecule has 1 aliphatic heterocycles. The van der Waals surface area contributed by atoms with Gasteiger partial charge in [-0.2, -0.15) is 0 Å². The van der Waals surface area contributed by atoms with Crippen molar-refractivity contribution in [1.29, 1.82) is 0 Å². The zero-order chi connectivity index (χ0) is 18.2. The van der Waals surface area contributed by atoms with Crippen molar-refractivity contribution < 1.29 is 4.74 Å². The molecule has 1 unspecified atom stereocenters. The third kappa shape index (κ3) is 6.38. The molecule has 2 aliphatic rings. The third-order valence-corrected chi connectivity index (χ3v) is 5.40. The van der Waals surface area contributed by atoms with Crippen molar-refractivity contribution in [3.05, 3.63) is 42.5 Å². The van der Waals surface area contributed by atoms with Gasteiger partial charge < -0.3 is 15.4 Å². The number of likely N-dealkylation sites (tertiary alicyclic amines) is 1. The van der Waals surface area contributed by atoms with Crippen LogP contribution in [0.5, 0.6) is 5.75 Å². The van der Waals surface area contributed by atoms with Gasteiger partial charge >= 0.3 is 0 Å². The molecule has 1 aromatic carbocycles. The van der Waals surface area contributed by atoms with Crippen LogP contribution in [0.2, 0.25) is 0 Å². The number of nitrogens with one attached hydrogen (secondary N) is 2. The number of hydrogen-bond donors (Lipinski definition) is 2. The molecule has 5 nitrogen and oxygen atoms in total. The molecule has 6 heteroatoms. The molecule has 3 rings (SSSR count). The summed E-state index contributed by atoms with van der Waals surface area (Å²) in [6.07, 6.45) is 8.51. The predicted octanol–water partition coefficient (Wildman–Crippen LogP) is 3.55. The monoisotopic (exact) mass is 484 g/mol. The first-order chi connectivity index (χ1) is 12.8. The fraction of sp³-hybridized carbons (Fsp3) is 0.571. The summed E-state index contributed by atoms with van der Waals surface area (Å²) in [6, 6.07) is 9.39. The highest BCUT2D eigenvalue weighted by atomic mass is 127. The minimum absolute atomic E-state index is 0. The normalized spacial score (nSPS) is 20.9. The summed E-state index contributed by atoms with van der Waals surface area (Å²) in [5.41, 5.74) is 1.12. The maximum Gasteiger partial charge on any atom is 0.191 e. The van der Waals surface area contributed by atoms with E-state index >= 15 is 0 Å². The smallest absolute Gasteiger partial charge is 0.191 e. The zero-order valence-electron chi connectivity index (χ0n) is 16.3. The van der Waals surface area contributed by atoms with Gasteiger partial charge in [-0.15, -0.1) is 24.0 Å². The van der Waals surface area contributed by atoms with Crippen molar-refractivity contribution >= 4 is 29.9 Å². The van der Waals surface area contributed by atoms with Crippen LogP contribution in [-0.2, 0) is 6.54 Å². The maximum absolute atomic E-state index is 5.73. The topological polar surface area (TPSA) is 48.9 Å². The van der Waals surface area contributed by atoms with Gasteiger partial charge in [0.25, 0.3) is 0 Å². The second-order valence-corrected chi connectivity index (χ2v) is 7.20. The summed E-state index contributed by atoms with van der Waals surface area (Å²) >= 11 is 0. The fourth-order valence-electron chi connectivity index (χ4n) is 4.01. The molecule has 1 atom stereocenters. The van der Waals surface area contributed by atoms with Crippen LogP contribution >= 0.6 is 24.0 Å². The minimum atomic E-state index is 0. The van der Waals surface area contributed by atoms with E-state index in [1.165, 1.54) is 38.6 Å². The number of para-hydroxylation sites is 1. The molecule has 0 spiro atoms. The Morgan fingerprint density at radius 3 is 2.81 bits per heavy atom. The minimum Gasteiger partial charge on any atom is -0.489 e. The molecule has 27 heavy (non-hydrogen) atoms. The summed E-state index contributed by atoms with van der Waals surface area (Å²) in [6.45, 7) is 7.25. The van der Waals surface area contributed by atoms with Crippen LogP contribution in [0.4, 0.5) is 0 Å². The Balaban J connectivity index is 0.00000261. The van der Waals surface area contributed by atoms with E-state index in [1.807, 2.05) is 25.2 Å². The number of aliphatic imine (C=N–C) groups is 1. The predicted molar refractivity (Wildman–Crippen MR) is 123 cm³/mol. The quantitative estimate of drug-likeness (QED) is 0.269. The van der Waals surface area contributed by atoms with Gasteiger partial charge in [0.1, 0.15) is 12.4 Å². The first-order valence-electron chi connectivity index (χ1n) is 9.83. The number of guanidine groups is 1. The van der Waals surface area contributed by atoms with E-state index in [4.69, 9.17) is 4.74 Å². The lowest BCUT2D eigenvalue weighted by Gasteiger charge is -2.24. The van der Waals surface area contributed by atoms with Crippen LogP contribution in [0.15, 0.2) is 41.9 Å². The molecule has 0 aromatic heterocycles. The largest absolute Gasteiger partial charge is 0.489 e. The van der Waals surface area contributed by atoms with Gasteiger partial charge in [-0.25, -0.2) is 0 Å². The van der Waals surface area contributed by atoms with Crippen molar-refractivity contribution in [2.75, 3.05) is 26.7 Å².